The second-order valence-electron chi connectivity index (χ2n) is 6.61. The number of nitrogens with one attached hydrogen (secondary N) is 2. The maximum atomic E-state index is 12.5. The second kappa shape index (κ2) is 8.67. The van der Waals surface area contributed by atoms with Gasteiger partial charge in [0.2, 0.25) is 0 Å². The molecule has 7 nitrogen and oxygen atoms in total. The maximum Gasteiger partial charge on any atom is 0.351 e. The molecule has 3 aliphatic rings. The van der Waals surface area contributed by atoms with Crippen LogP contribution < -0.4 is 10.6 Å². The molecule has 2 fully saturated rings. The monoisotopic (exact) mass is 343 g/mol. The van der Waals surface area contributed by atoms with Crippen molar-refractivity contribution in [3.8, 4) is 6.07 Å². The van der Waals surface area contributed by atoms with Crippen molar-refractivity contribution >= 4 is 11.8 Å². The molecule has 7 heteroatoms. The van der Waals surface area contributed by atoms with Crippen molar-refractivity contribution in [1.29, 1.82) is 5.26 Å². The van der Waals surface area contributed by atoms with Crippen LogP contribution in [-0.4, -0.2) is 49.5 Å². The van der Waals surface area contributed by atoms with Gasteiger partial charge in [-0.3, -0.25) is 0 Å². The van der Waals surface area contributed by atoms with Gasteiger partial charge in [0.1, 0.15) is 11.8 Å². The van der Waals surface area contributed by atoms with Crippen molar-refractivity contribution in [2.75, 3.05) is 32.8 Å². The molecule has 0 aromatic carbocycles. The smallest absolute Gasteiger partial charge is 0.351 e. The zero-order chi connectivity index (χ0) is 17.5. The number of hydrogen-bond donors (Lipinski definition) is 2. The summed E-state index contributed by atoms with van der Waals surface area (Å²) in [6.45, 7) is 3.67. The van der Waals surface area contributed by atoms with Crippen LogP contribution in [0.3, 0.4) is 0 Å². The first-order valence-corrected chi connectivity index (χ1v) is 9.06. The predicted octanol–water partition coefficient (Wildman–Crippen LogP) is 1.27. The number of nitrogens with zero attached hydrogens (tertiary/aromatic N) is 3. The van der Waals surface area contributed by atoms with E-state index in [1.54, 1.807) is 12.4 Å². The van der Waals surface area contributed by atoms with Crippen molar-refractivity contribution < 1.29 is 9.53 Å². The molecule has 0 aromatic heterocycles. The molecule has 0 amide bonds. The minimum absolute atomic E-state index is 0.00237. The largest absolute Gasteiger partial charge is 0.461 e. The molecule has 2 heterocycles. The fraction of sp³-hybridized carbons (Fsp3) is 0.611. The summed E-state index contributed by atoms with van der Waals surface area (Å²) >= 11 is 0. The van der Waals surface area contributed by atoms with Gasteiger partial charge in [-0.25, -0.2) is 9.79 Å². The van der Waals surface area contributed by atoms with E-state index in [2.05, 4.69) is 20.5 Å². The maximum absolute atomic E-state index is 12.5. The third-order valence-electron chi connectivity index (χ3n) is 4.88. The van der Waals surface area contributed by atoms with Gasteiger partial charge in [0.15, 0.2) is 11.4 Å². The van der Waals surface area contributed by atoms with Gasteiger partial charge in [-0.15, -0.1) is 0 Å². The van der Waals surface area contributed by atoms with Gasteiger partial charge in [0, 0.05) is 38.6 Å². The van der Waals surface area contributed by atoms with Crippen LogP contribution in [0, 0.1) is 17.2 Å². The van der Waals surface area contributed by atoms with E-state index in [0.717, 1.165) is 39.0 Å². The molecule has 3 rings (SSSR count). The average Bonchev–Trinajstić information content (AvgIpc) is 2.69. The normalized spacial score (nSPS) is 23.3. The molecular formula is C18H25N5O2. The summed E-state index contributed by atoms with van der Waals surface area (Å²) in [5.41, 5.74) is 0.443. The summed E-state index contributed by atoms with van der Waals surface area (Å²) in [6.07, 6.45) is 9.12. The number of rotatable bonds is 3. The van der Waals surface area contributed by atoms with E-state index in [1.165, 1.54) is 19.3 Å². The highest BCUT2D eigenvalue weighted by Crippen LogP contribution is 2.24. The molecule has 0 radical (unpaired) electrons. The number of carbonyl (C=O) groups excluding carboxylic acids is 1. The molecule has 25 heavy (non-hydrogen) atoms. The van der Waals surface area contributed by atoms with Crippen molar-refractivity contribution in [3.05, 3.63) is 23.7 Å². The second-order valence-corrected chi connectivity index (χ2v) is 6.61. The molecule has 2 aliphatic heterocycles. The molecular weight excluding hydrogens is 318 g/mol. The van der Waals surface area contributed by atoms with Crippen LogP contribution in [0.5, 0.6) is 0 Å². The highest BCUT2D eigenvalue weighted by Gasteiger charge is 2.27. The Morgan fingerprint density at radius 2 is 2.08 bits per heavy atom. The lowest BCUT2D eigenvalue weighted by Crippen LogP contribution is -2.48. The minimum atomic E-state index is -0.561. The Balaban J connectivity index is 1.71. The Morgan fingerprint density at radius 1 is 1.32 bits per heavy atom. The van der Waals surface area contributed by atoms with Gasteiger partial charge in [-0.05, 0) is 18.8 Å². The highest BCUT2D eigenvalue weighted by molar-refractivity contribution is 6.08. The lowest BCUT2D eigenvalue weighted by molar-refractivity contribution is -0.140. The van der Waals surface area contributed by atoms with E-state index in [4.69, 9.17) is 4.74 Å². The van der Waals surface area contributed by atoms with Crippen LogP contribution in [0.15, 0.2) is 28.7 Å². The van der Waals surface area contributed by atoms with E-state index >= 15 is 0 Å². The third-order valence-corrected chi connectivity index (χ3v) is 4.88. The summed E-state index contributed by atoms with van der Waals surface area (Å²) in [5, 5.41) is 15.8. The van der Waals surface area contributed by atoms with Gasteiger partial charge < -0.3 is 20.3 Å². The molecule has 1 saturated carbocycles. The van der Waals surface area contributed by atoms with E-state index in [9.17, 15) is 10.1 Å². The molecule has 0 unspecified atom stereocenters. The SMILES string of the molecule is N#CC(C(=O)OCC1CCCCC1)=C1NC=CN=C1N1CCNCC1. The van der Waals surface area contributed by atoms with Crippen LogP contribution >= 0.6 is 0 Å². The van der Waals surface area contributed by atoms with E-state index in [0.29, 0.717) is 24.1 Å². The number of ether oxygens (including phenoxy) is 1. The first kappa shape index (κ1) is 17.5. The molecule has 1 saturated heterocycles. The molecule has 0 spiro atoms. The fourth-order valence-electron chi connectivity index (χ4n) is 3.48. The zero-order valence-corrected chi connectivity index (χ0v) is 14.5. The van der Waals surface area contributed by atoms with Gasteiger partial charge in [0.05, 0.1) is 6.61 Å². The Bertz CT molecular complexity index is 620. The molecule has 134 valence electrons. The Labute approximate surface area is 148 Å². The zero-order valence-electron chi connectivity index (χ0n) is 14.5. The number of piperazine rings is 1. The average molecular weight is 343 g/mol. The fourth-order valence-corrected chi connectivity index (χ4v) is 3.48. The van der Waals surface area contributed by atoms with Crippen LogP contribution in [0.25, 0.3) is 0 Å². The Kier molecular flexibility index (Phi) is 6.07. The van der Waals surface area contributed by atoms with Crippen LogP contribution in [0.1, 0.15) is 32.1 Å². The Hall–Kier alpha value is -2.33. The van der Waals surface area contributed by atoms with Crippen molar-refractivity contribution in [3.63, 3.8) is 0 Å². The van der Waals surface area contributed by atoms with Crippen molar-refractivity contribution in [1.82, 2.24) is 15.5 Å². The number of amidine groups is 1. The lowest BCUT2D eigenvalue weighted by Gasteiger charge is -2.32. The van der Waals surface area contributed by atoms with Crippen molar-refractivity contribution in [2.45, 2.75) is 32.1 Å². The molecule has 2 N–H and O–H groups in total. The molecule has 0 atom stereocenters. The molecule has 0 aromatic rings. The predicted molar refractivity (Wildman–Crippen MR) is 94.3 cm³/mol. The molecule has 0 bridgehead atoms. The minimum Gasteiger partial charge on any atom is -0.461 e. The number of hydrogen-bond acceptors (Lipinski definition) is 7. The Morgan fingerprint density at radius 3 is 2.80 bits per heavy atom. The van der Waals surface area contributed by atoms with Crippen molar-refractivity contribution in [2.24, 2.45) is 10.9 Å². The summed E-state index contributed by atoms with van der Waals surface area (Å²) in [6, 6.07) is 2.01. The van der Waals surface area contributed by atoms with E-state index in [-0.39, 0.29) is 5.57 Å². The van der Waals surface area contributed by atoms with Gasteiger partial charge in [-0.2, -0.15) is 5.26 Å². The van der Waals surface area contributed by atoms with E-state index in [1.807, 2.05) is 6.07 Å². The number of nitriles is 1. The van der Waals surface area contributed by atoms with Crippen LogP contribution in [0.4, 0.5) is 0 Å². The highest BCUT2D eigenvalue weighted by atomic mass is 16.5. The number of aliphatic imine (C=N–C) groups is 1. The van der Waals surface area contributed by atoms with Gasteiger partial charge in [-0.1, -0.05) is 19.3 Å². The van der Waals surface area contributed by atoms with Crippen LogP contribution in [-0.2, 0) is 9.53 Å². The van der Waals surface area contributed by atoms with E-state index < -0.39 is 5.97 Å². The number of esters is 1. The first-order chi connectivity index (χ1) is 12.3. The van der Waals surface area contributed by atoms with Gasteiger partial charge in [0.25, 0.3) is 0 Å². The summed E-state index contributed by atoms with van der Waals surface area (Å²) in [4.78, 5) is 19.0. The van der Waals surface area contributed by atoms with Crippen LogP contribution in [0.2, 0.25) is 0 Å². The summed E-state index contributed by atoms with van der Waals surface area (Å²) < 4.78 is 5.45. The molecule has 1 aliphatic carbocycles. The standard InChI is InChI=1S/C18H25N5O2/c19-12-15(18(24)25-13-14-4-2-1-3-5-14)16-17(22-7-6-21-16)23-10-8-20-9-11-23/h6-7,14,20-21H,1-5,8-11,13H2. The summed E-state index contributed by atoms with van der Waals surface area (Å²) in [7, 11) is 0. The topological polar surface area (TPSA) is 89.8 Å². The lowest BCUT2D eigenvalue weighted by atomic mass is 9.90. The first-order valence-electron chi connectivity index (χ1n) is 9.06. The number of carbonyl (C=O) groups is 1. The third kappa shape index (κ3) is 4.40. The quantitative estimate of drug-likeness (QED) is 0.456. The van der Waals surface area contributed by atoms with Gasteiger partial charge >= 0.3 is 5.97 Å². The summed E-state index contributed by atoms with van der Waals surface area (Å²) in [5.74, 6) is 0.493.